The van der Waals surface area contributed by atoms with Crippen LogP contribution in [0.3, 0.4) is 0 Å². The van der Waals surface area contributed by atoms with Gasteiger partial charge in [-0.25, -0.2) is 4.98 Å². The van der Waals surface area contributed by atoms with Gasteiger partial charge in [0, 0.05) is 21.4 Å². The van der Waals surface area contributed by atoms with Crippen LogP contribution >= 0.6 is 22.9 Å². The Labute approximate surface area is 164 Å². The molecule has 0 aliphatic heterocycles. The number of phenolic OH excluding ortho intramolecular Hbond substituents is 1. The van der Waals surface area contributed by atoms with Crippen LogP contribution in [0.5, 0.6) is 5.75 Å². The summed E-state index contributed by atoms with van der Waals surface area (Å²) < 4.78 is 0. The molecule has 0 spiro atoms. The average Bonchev–Trinajstić information content (AvgIpc) is 3.29. The van der Waals surface area contributed by atoms with E-state index < -0.39 is 0 Å². The minimum atomic E-state index is 0.196. The summed E-state index contributed by atoms with van der Waals surface area (Å²) in [4.78, 5) is 6.79. The van der Waals surface area contributed by atoms with Gasteiger partial charge in [0.2, 0.25) is 0 Å². The molecule has 0 aliphatic carbocycles. The van der Waals surface area contributed by atoms with Crippen molar-refractivity contribution in [1.29, 1.82) is 0 Å². The number of phenols is 1. The zero-order chi connectivity index (χ0) is 18.5. The monoisotopic (exact) mass is 391 g/mol. The molecule has 4 nitrogen and oxygen atoms in total. The molecule has 3 aromatic heterocycles. The van der Waals surface area contributed by atoms with Crippen LogP contribution in [0.2, 0.25) is 5.02 Å². The fourth-order valence-corrected chi connectivity index (χ4v) is 4.49. The zero-order valence-corrected chi connectivity index (χ0v) is 15.9. The van der Waals surface area contributed by atoms with Gasteiger partial charge in [-0.2, -0.15) is 5.10 Å². The lowest BCUT2D eigenvalue weighted by atomic mass is 10.1. The number of aryl methyl sites for hydroxylation is 1. The Balaban J connectivity index is 1.61. The Hall–Kier alpha value is -2.89. The molecule has 0 saturated heterocycles. The topological polar surface area (TPSA) is 61.8 Å². The number of aromatic nitrogens is 3. The molecule has 0 fully saturated rings. The molecule has 27 heavy (non-hydrogen) atoms. The highest BCUT2D eigenvalue weighted by atomic mass is 35.5. The van der Waals surface area contributed by atoms with Crippen LogP contribution in [0.15, 0.2) is 54.6 Å². The van der Waals surface area contributed by atoms with Crippen molar-refractivity contribution in [3.05, 3.63) is 65.2 Å². The summed E-state index contributed by atoms with van der Waals surface area (Å²) in [7, 11) is 0. The SMILES string of the molecule is Cc1cc(Cl)cc(-c2cc(-c3cc4cc5ccccc5nc4s3)[nH]n2)c1O. The molecule has 0 unspecified atom stereocenters. The number of nitrogens with one attached hydrogen (secondary N) is 1. The lowest BCUT2D eigenvalue weighted by Crippen LogP contribution is -1.83. The van der Waals surface area contributed by atoms with Crippen LogP contribution in [0.25, 0.3) is 42.9 Å². The summed E-state index contributed by atoms with van der Waals surface area (Å²) >= 11 is 7.76. The molecule has 0 bridgehead atoms. The molecule has 2 aromatic carbocycles. The number of nitrogens with zero attached hydrogens (tertiary/aromatic N) is 2. The van der Waals surface area contributed by atoms with Crippen molar-refractivity contribution in [1.82, 2.24) is 15.2 Å². The quantitative estimate of drug-likeness (QED) is 0.378. The Morgan fingerprint density at radius 3 is 2.78 bits per heavy atom. The summed E-state index contributed by atoms with van der Waals surface area (Å²) in [6.07, 6.45) is 0. The van der Waals surface area contributed by atoms with Gasteiger partial charge < -0.3 is 5.11 Å². The van der Waals surface area contributed by atoms with Gasteiger partial charge in [-0.05, 0) is 48.9 Å². The smallest absolute Gasteiger partial charge is 0.128 e. The first-order valence-corrected chi connectivity index (χ1v) is 9.62. The maximum absolute atomic E-state index is 10.4. The number of aromatic amines is 1. The number of thiophene rings is 1. The molecule has 132 valence electrons. The first-order chi connectivity index (χ1) is 13.1. The molecule has 0 radical (unpaired) electrons. The van der Waals surface area contributed by atoms with Crippen molar-refractivity contribution in [2.24, 2.45) is 0 Å². The van der Waals surface area contributed by atoms with E-state index in [0.717, 1.165) is 37.3 Å². The lowest BCUT2D eigenvalue weighted by Gasteiger charge is -2.05. The number of hydrogen-bond donors (Lipinski definition) is 2. The van der Waals surface area contributed by atoms with Crippen molar-refractivity contribution in [2.75, 3.05) is 0 Å². The predicted molar refractivity (Wildman–Crippen MR) is 112 cm³/mol. The first kappa shape index (κ1) is 16.3. The van der Waals surface area contributed by atoms with E-state index in [1.165, 1.54) is 0 Å². The van der Waals surface area contributed by atoms with Crippen LogP contribution < -0.4 is 0 Å². The van der Waals surface area contributed by atoms with Gasteiger partial charge in [0.25, 0.3) is 0 Å². The van der Waals surface area contributed by atoms with Gasteiger partial charge in [-0.1, -0.05) is 29.8 Å². The summed E-state index contributed by atoms with van der Waals surface area (Å²) in [6.45, 7) is 1.82. The van der Waals surface area contributed by atoms with Gasteiger partial charge in [-0.15, -0.1) is 11.3 Å². The second-order valence-electron chi connectivity index (χ2n) is 6.47. The number of H-pyrrole nitrogens is 1. The van der Waals surface area contributed by atoms with Crippen LogP contribution in [0, 0.1) is 6.92 Å². The molecule has 5 rings (SSSR count). The summed E-state index contributed by atoms with van der Waals surface area (Å²) in [5.74, 6) is 0.196. The molecular weight excluding hydrogens is 378 g/mol. The molecule has 5 aromatic rings. The molecule has 6 heteroatoms. The van der Waals surface area contributed by atoms with Crippen LogP contribution in [0.4, 0.5) is 0 Å². The molecule has 3 heterocycles. The van der Waals surface area contributed by atoms with Gasteiger partial charge in [0.1, 0.15) is 10.6 Å². The van der Waals surface area contributed by atoms with Gasteiger partial charge >= 0.3 is 0 Å². The number of fused-ring (bicyclic) bond motifs is 2. The van der Waals surface area contributed by atoms with E-state index in [2.05, 4.69) is 28.4 Å². The summed E-state index contributed by atoms with van der Waals surface area (Å²) in [5.41, 5.74) is 3.87. The number of pyridine rings is 1. The second kappa shape index (κ2) is 6.08. The van der Waals surface area contributed by atoms with Crippen molar-refractivity contribution in [3.63, 3.8) is 0 Å². The number of benzene rings is 2. The van der Waals surface area contributed by atoms with Crippen LogP contribution in [-0.4, -0.2) is 20.3 Å². The van der Waals surface area contributed by atoms with E-state index in [0.29, 0.717) is 16.3 Å². The van der Waals surface area contributed by atoms with E-state index >= 15 is 0 Å². The van der Waals surface area contributed by atoms with E-state index in [1.807, 2.05) is 31.2 Å². The zero-order valence-electron chi connectivity index (χ0n) is 14.3. The normalized spacial score (nSPS) is 11.5. The van der Waals surface area contributed by atoms with Crippen molar-refractivity contribution in [3.8, 4) is 27.6 Å². The molecule has 0 atom stereocenters. The standard InChI is InChI=1S/C21H14ClN3OS/c1-11-6-14(22)9-15(20(11)26)17-10-18(25-24-17)19-8-13-7-12-4-2-3-5-16(12)23-21(13)27-19/h2-10,26H,1H3,(H,24,25). The van der Waals surface area contributed by atoms with Crippen LogP contribution in [0.1, 0.15) is 5.56 Å². The van der Waals surface area contributed by atoms with Crippen molar-refractivity contribution < 1.29 is 5.11 Å². The van der Waals surface area contributed by atoms with E-state index in [-0.39, 0.29) is 5.75 Å². The fourth-order valence-electron chi connectivity index (χ4n) is 3.22. The van der Waals surface area contributed by atoms with E-state index in [9.17, 15) is 5.11 Å². The summed E-state index contributed by atoms with van der Waals surface area (Å²) in [6, 6.07) is 17.7. The van der Waals surface area contributed by atoms with Crippen molar-refractivity contribution >= 4 is 44.1 Å². The maximum Gasteiger partial charge on any atom is 0.128 e. The Kier molecular flexibility index (Phi) is 3.67. The number of halogens is 1. The van der Waals surface area contributed by atoms with Crippen molar-refractivity contribution in [2.45, 2.75) is 6.92 Å². The average molecular weight is 392 g/mol. The second-order valence-corrected chi connectivity index (χ2v) is 7.94. The van der Waals surface area contributed by atoms with Gasteiger partial charge in [0.05, 0.1) is 21.8 Å². The molecular formula is C21H14ClN3OS. The Morgan fingerprint density at radius 2 is 1.89 bits per heavy atom. The van der Waals surface area contributed by atoms with E-state index in [4.69, 9.17) is 16.6 Å². The maximum atomic E-state index is 10.4. The minimum Gasteiger partial charge on any atom is -0.507 e. The Bertz CT molecular complexity index is 1270. The molecule has 0 saturated carbocycles. The van der Waals surface area contributed by atoms with Gasteiger partial charge in [-0.3, -0.25) is 5.10 Å². The fraction of sp³-hybridized carbons (Fsp3) is 0.0476. The number of rotatable bonds is 2. The number of aromatic hydroxyl groups is 1. The highest BCUT2D eigenvalue weighted by Gasteiger charge is 2.14. The number of hydrogen-bond acceptors (Lipinski definition) is 4. The Morgan fingerprint density at radius 1 is 1.04 bits per heavy atom. The van der Waals surface area contributed by atoms with Crippen LogP contribution in [-0.2, 0) is 0 Å². The predicted octanol–water partition coefficient (Wildman–Crippen LogP) is 6.17. The molecule has 0 aliphatic rings. The minimum absolute atomic E-state index is 0.196. The first-order valence-electron chi connectivity index (χ1n) is 8.43. The van der Waals surface area contributed by atoms with Gasteiger partial charge in [0.15, 0.2) is 0 Å². The third-order valence-corrected chi connectivity index (χ3v) is 5.89. The highest BCUT2D eigenvalue weighted by molar-refractivity contribution is 7.21. The molecule has 2 N–H and O–H groups in total. The van der Waals surface area contributed by atoms with E-state index in [1.54, 1.807) is 23.5 Å². The third-order valence-electron chi connectivity index (χ3n) is 4.59. The molecule has 0 amide bonds. The number of para-hydroxylation sites is 1. The highest BCUT2D eigenvalue weighted by Crippen LogP contribution is 2.38. The largest absolute Gasteiger partial charge is 0.507 e. The lowest BCUT2D eigenvalue weighted by molar-refractivity contribution is 0.473. The summed E-state index contributed by atoms with van der Waals surface area (Å²) in [5, 5.41) is 20.6. The third kappa shape index (κ3) is 2.76.